The number of aliphatic hydroxyl groups excluding tert-OH is 1. The van der Waals surface area contributed by atoms with E-state index >= 15 is 0 Å². The van der Waals surface area contributed by atoms with Gasteiger partial charge in [0.15, 0.2) is 0 Å². The molecule has 0 aliphatic carbocycles. The Hall–Kier alpha value is -1.99. The van der Waals surface area contributed by atoms with Crippen molar-refractivity contribution in [1.82, 2.24) is 0 Å². The molecule has 112 valence electrons. The summed E-state index contributed by atoms with van der Waals surface area (Å²) in [6.07, 6.45) is 0. The number of sulfonamides is 1. The van der Waals surface area contributed by atoms with Gasteiger partial charge in [-0.15, -0.1) is 0 Å². The lowest BCUT2D eigenvalue weighted by Crippen LogP contribution is -2.15. The summed E-state index contributed by atoms with van der Waals surface area (Å²) in [6.45, 7) is 1.39. The molecule has 21 heavy (non-hydrogen) atoms. The molecule has 7 heteroatoms. The van der Waals surface area contributed by atoms with Crippen LogP contribution in [-0.4, -0.2) is 13.5 Å². The first-order valence-corrected chi connectivity index (χ1v) is 7.50. The molecule has 0 unspecified atom stereocenters. The van der Waals surface area contributed by atoms with Gasteiger partial charge in [0.1, 0.15) is 16.5 Å². The minimum atomic E-state index is -4.26. The van der Waals surface area contributed by atoms with E-state index in [-0.39, 0.29) is 12.3 Å². The molecule has 0 bridgehead atoms. The third-order valence-corrected chi connectivity index (χ3v) is 4.29. The second kappa shape index (κ2) is 5.79. The summed E-state index contributed by atoms with van der Waals surface area (Å²) in [6, 6.07) is 6.89. The van der Waals surface area contributed by atoms with Gasteiger partial charge in [0.05, 0.1) is 12.3 Å². The van der Waals surface area contributed by atoms with Crippen LogP contribution in [0.3, 0.4) is 0 Å². The zero-order valence-electron chi connectivity index (χ0n) is 11.1. The summed E-state index contributed by atoms with van der Waals surface area (Å²) in [7, 11) is -4.26. The van der Waals surface area contributed by atoms with Crippen LogP contribution in [0.15, 0.2) is 41.3 Å². The van der Waals surface area contributed by atoms with Gasteiger partial charge in [-0.3, -0.25) is 4.72 Å². The predicted molar refractivity (Wildman–Crippen MR) is 74.3 cm³/mol. The molecule has 0 heterocycles. The van der Waals surface area contributed by atoms with Crippen molar-refractivity contribution in [3.05, 3.63) is 59.2 Å². The van der Waals surface area contributed by atoms with Crippen molar-refractivity contribution in [2.45, 2.75) is 18.4 Å². The lowest BCUT2D eigenvalue weighted by molar-refractivity contribution is 0.282. The number of hydrogen-bond acceptors (Lipinski definition) is 3. The van der Waals surface area contributed by atoms with Crippen LogP contribution in [0.25, 0.3) is 0 Å². The first-order valence-electron chi connectivity index (χ1n) is 6.02. The highest BCUT2D eigenvalue weighted by Crippen LogP contribution is 2.23. The molecule has 2 aromatic rings. The SMILES string of the molecule is Cc1ccc(CO)cc1NS(=O)(=O)c1cc(F)ccc1F. The highest BCUT2D eigenvalue weighted by Gasteiger charge is 2.20. The van der Waals surface area contributed by atoms with Gasteiger partial charge in [0.25, 0.3) is 10.0 Å². The smallest absolute Gasteiger partial charge is 0.264 e. The summed E-state index contributed by atoms with van der Waals surface area (Å²) < 4.78 is 53.2. The van der Waals surface area contributed by atoms with E-state index in [9.17, 15) is 17.2 Å². The molecule has 2 rings (SSSR count). The number of anilines is 1. The van der Waals surface area contributed by atoms with Crippen LogP contribution in [0.2, 0.25) is 0 Å². The normalized spacial score (nSPS) is 11.4. The van der Waals surface area contributed by atoms with Gasteiger partial charge in [-0.2, -0.15) is 0 Å². The minimum absolute atomic E-state index is 0.199. The summed E-state index contributed by atoms with van der Waals surface area (Å²) >= 11 is 0. The molecule has 0 amide bonds. The van der Waals surface area contributed by atoms with Crippen molar-refractivity contribution < 1.29 is 22.3 Å². The topological polar surface area (TPSA) is 66.4 Å². The Morgan fingerprint density at radius 2 is 1.86 bits per heavy atom. The number of aryl methyl sites for hydroxylation is 1. The van der Waals surface area contributed by atoms with Crippen molar-refractivity contribution in [1.29, 1.82) is 0 Å². The molecule has 0 spiro atoms. The fourth-order valence-corrected chi connectivity index (χ4v) is 2.97. The minimum Gasteiger partial charge on any atom is -0.392 e. The summed E-state index contributed by atoms with van der Waals surface area (Å²) in [5.41, 5.74) is 1.29. The Morgan fingerprint density at radius 3 is 2.52 bits per heavy atom. The van der Waals surface area contributed by atoms with E-state index in [4.69, 9.17) is 5.11 Å². The maximum Gasteiger partial charge on any atom is 0.264 e. The standard InChI is InChI=1S/C14H13F2NO3S/c1-9-2-3-10(8-18)6-13(9)17-21(19,20)14-7-11(15)4-5-12(14)16/h2-7,17-18H,8H2,1H3. The number of halogens is 2. The third-order valence-electron chi connectivity index (χ3n) is 2.91. The van der Waals surface area contributed by atoms with E-state index in [2.05, 4.69) is 4.72 Å². The maximum atomic E-state index is 13.6. The fourth-order valence-electron chi connectivity index (χ4n) is 1.76. The molecule has 0 atom stereocenters. The predicted octanol–water partition coefficient (Wildman–Crippen LogP) is 2.57. The molecule has 0 aromatic heterocycles. The monoisotopic (exact) mass is 313 g/mol. The first-order chi connectivity index (χ1) is 9.83. The first kappa shape index (κ1) is 15.4. The van der Waals surface area contributed by atoms with Gasteiger partial charge in [0.2, 0.25) is 0 Å². The Labute approximate surface area is 121 Å². The summed E-state index contributed by atoms with van der Waals surface area (Å²) in [5, 5.41) is 9.06. The van der Waals surface area contributed by atoms with Crippen molar-refractivity contribution in [3.63, 3.8) is 0 Å². The van der Waals surface area contributed by atoms with Crippen LogP contribution in [0, 0.1) is 18.6 Å². The number of benzene rings is 2. The van der Waals surface area contributed by atoms with E-state index in [1.54, 1.807) is 19.1 Å². The van der Waals surface area contributed by atoms with Crippen LogP contribution in [0.1, 0.15) is 11.1 Å². The highest BCUT2D eigenvalue weighted by molar-refractivity contribution is 7.92. The average molecular weight is 313 g/mol. The van der Waals surface area contributed by atoms with Gasteiger partial charge in [-0.25, -0.2) is 17.2 Å². The molecule has 0 aliphatic heterocycles. The van der Waals surface area contributed by atoms with E-state index in [0.29, 0.717) is 17.2 Å². The van der Waals surface area contributed by atoms with Crippen molar-refractivity contribution in [2.24, 2.45) is 0 Å². The molecule has 0 fully saturated rings. The number of rotatable bonds is 4. The zero-order chi connectivity index (χ0) is 15.6. The van der Waals surface area contributed by atoms with Gasteiger partial charge < -0.3 is 5.11 Å². The average Bonchev–Trinajstić information content (AvgIpc) is 2.43. The number of nitrogens with one attached hydrogen (secondary N) is 1. The van der Waals surface area contributed by atoms with Crippen LogP contribution < -0.4 is 4.72 Å². The van der Waals surface area contributed by atoms with E-state index in [0.717, 1.165) is 12.1 Å². The van der Waals surface area contributed by atoms with Gasteiger partial charge in [0, 0.05) is 0 Å². The fraction of sp³-hybridized carbons (Fsp3) is 0.143. The Bertz CT molecular complexity index is 776. The van der Waals surface area contributed by atoms with Crippen LogP contribution in [-0.2, 0) is 16.6 Å². The quantitative estimate of drug-likeness (QED) is 0.911. The van der Waals surface area contributed by atoms with E-state index in [1.807, 2.05) is 0 Å². The van der Waals surface area contributed by atoms with Gasteiger partial charge in [-0.05, 0) is 42.3 Å². The number of aliphatic hydroxyl groups is 1. The van der Waals surface area contributed by atoms with Crippen molar-refractivity contribution >= 4 is 15.7 Å². The van der Waals surface area contributed by atoms with Crippen LogP contribution in [0.4, 0.5) is 14.5 Å². The Balaban J connectivity index is 2.44. The molecule has 2 N–H and O–H groups in total. The van der Waals surface area contributed by atoms with Crippen molar-refractivity contribution in [3.8, 4) is 0 Å². The third kappa shape index (κ3) is 3.37. The highest BCUT2D eigenvalue weighted by atomic mass is 32.2. The Kier molecular flexibility index (Phi) is 4.24. The Morgan fingerprint density at radius 1 is 1.14 bits per heavy atom. The lowest BCUT2D eigenvalue weighted by atomic mass is 10.1. The zero-order valence-corrected chi connectivity index (χ0v) is 11.9. The molecular weight excluding hydrogens is 300 g/mol. The van der Waals surface area contributed by atoms with Crippen LogP contribution in [0.5, 0.6) is 0 Å². The van der Waals surface area contributed by atoms with Gasteiger partial charge in [-0.1, -0.05) is 12.1 Å². The molecule has 2 aromatic carbocycles. The van der Waals surface area contributed by atoms with E-state index in [1.165, 1.54) is 6.07 Å². The lowest BCUT2D eigenvalue weighted by Gasteiger charge is -2.12. The second-order valence-electron chi connectivity index (χ2n) is 4.49. The molecule has 0 aliphatic rings. The molecule has 0 radical (unpaired) electrons. The number of hydrogen-bond donors (Lipinski definition) is 2. The second-order valence-corrected chi connectivity index (χ2v) is 6.14. The summed E-state index contributed by atoms with van der Waals surface area (Å²) in [5.74, 6) is -1.89. The maximum absolute atomic E-state index is 13.6. The summed E-state index contributed by atoms with van der Waals surface area (Å²) in [4.78, 5) is -0.767. The van der Waals surface area contributed by atoms with Gasteiger partial charge >= 0.3 is 0 Å². The molecule has 0 saturated carbocycles. The largest absolute Gasteiger partial charge is 0.392 e. The molecule has 4 nitrogen and oxygen atoms in total. The molecular formula is C14H13F2NO3S. The van der Waals surface area contributed by atoms with Crippen molar-refractivity contribution in [2.75, 3.05) is 4.72 Å². The van der Waals surface area contributed by atoms with Crippen LogP contribution >= 0.6 is 0 Å². The molecule has 0 saturated heterocycles. The van der Waals surface area contributed by atoms with E-state index < -0.39 is 26.6 Å².